The van der Waals surface area contributed by atoms with E-state index in [4.69, 9.17) is 9.47 Å². The Morgan fingerprint density at radius 3 is 2.62 bits per heavy atom. The van der Waals surface area contributed by atoms with Gasteiger partial charge in [0.2, 0.25) is 0 Å². The molecule has 2 unspecified atom stereocenters. The molecule has 8 atom stereocenters. The normalized spacial score (nSPS) is 56.5. The Kier molecular flexibility index (Phi) is 3.53. The quantitative estimate of drug-likeness (QED) is 0.583. The van der Waals surface area contributed by atoms with E-state index in [2.05, 4.69) is 26.8 Å². The first-order valence-corrected chi connectivity index (χ1v) is 10.4. The van der Waals surface area contributed by atoms with Gasteiger partial charge in [-0.25, -0.2) is 0 Å². The molecule has 1 heterocycles. The van der Waals surface area contributed by atoms with E-state index in [1.807, 2.05) is 0 Å². The van der Waals surface area contributed by atoms with Crippen LogP contribution in [-0.4, -0.2) is 25.4 Å². The van der Waals surface area contributed by atoms with Crippen LogP contribution < -0.4 is 0 Å². The van der Waals surface area contributed by atoms with Gasteiger partial charge in [0.15, 0.2) is 0 Å². The largest absolute Gasteiger partial charge is 0.373 e. The molecule has 134 valence electrons. The van der Waals surface area contributed by atoms with Crippen molar-refractivity contribution >= 4 is 0 Å². The summed E-state index contributed by atoms with van der Waals surface area (Å²) < 4.78 is 12.2. The molecule has 0 aromatic rings. The first-order chi connectivity index (χ1) is 11.5. The van der Waals surface area contributed by atoms with Gasteiger partial charge in [-0.3, -0.25) is 0 Å². The monoisotopic (exact) mass is 330 g/mol. The van der Waals surface area contributed by atoms with Crippen LogP contribution in [0.3, 0.4) is 0 Å². The minimum absolute atomic E-state index is 0.329. The maximum atomic E-state index is 6.15. The second-order valence-electron chi connectivity index (χ2n) is 10.0. The van der Waals surface area contributed by atoms with Gasteiger partial charge in [0.25, 0.3) is 0 Å². The summed E-state index contributed by atoms with van der Waals surface area (Å²) >= 11 is 0. The van der Waals surface area contributed by atoms with Gasteiger partial charge in [-0.2, -0.15) is 0 Å². The van der Waals surface area contributed by atoms with Crippen LogP contribution in [-0.2, 0) is 9.47 Å². The molecular formula is C22H34O2. The van der Waals surface area contributed by atoms with Crippen LogP contribution in [0.1, 0.15) is 65.7 Å². The van der Waals surface area contributed by atoms with Crippen molar-refractivity contribution in [2.45, 2.75) is 77.9 Å². The van der Waals surface area contributed by atoms with Crippen molar-refractivity contribution in [1.29, 1.82) is 0 Å². The average Bonchev–Trinajstić information content (AvgIpc) is 2.88. The van der Waals surface area contributed by atoms with E-state index in [1.165, 1.54) is 38.5 Å². The molecule has 1 aliphatic heterocycles. The number of fused-ring (bicyclic) bond motifs is 6. The smallest absolute Gasteiger partial charge is 0.0875 e. The van der Waals surface area contributed by atoms with Crippen LogP contribution >= 0.6 is 0 Å². The first-order valence-electron chi connectivity index (χ1n) is 10.4. The molecule has 1 saturated heterocycles. The van der Waals surface area contributed by atoms with Crippen LogP contribution in [0, 0.1) is 34.5 Å². The molecule has 2 heteroatoms. The van der Waals surface area contributed by atoms with Gasteiger partial charge in [0, 0.05) is 0 Å². The number of rotatable bonds is 0. The van der Waals surface area contributed by atoms with E-state index in [1.54, 1.807) is 5.57 Å². The first kappa shape index (κ1) is 15.9. The van der Waals surface area contributed by atoms with E-state index in [0.717, 1.165) is 43.3 Å². The summed E-state index contributed by atoms with van der Waals surface area (Å²) in [6.45, 7) is 9.29. The van der Waals surface area contributed by atoms with Crippen LogP contribution in [0.4, 0.5) is 0 Å². The zero-order chi connectivity index (χ0) is 16.5. The van der Waals surface area contributed by atoms with Gasteiger partial charge in [0.1, 0.15) is 0 Å². The molecule has 0 bridgehead atoms. The lowest BCUT2D eigenvalue weighted by atomic mass is 9.47. The molecule has 0 radical (unpaired) electrons. The lowest BCUT2D eigenvalue weighted by Crippen LogP contribution is -2.54. The molecule has 5 aliphatic rings. The molecule has 4 fully saturated rings. The molecular weight excluding hydrogens is 296 g/mol. The number of hydrogen-bond acceptors (Lipinski definition) is 2. The van der Waals surface area contributed by atoms with Crippen molar-refractivity contribution in [2.75, 3.05) is 13.2 Å². The lowest BCUT2D eigenvalue weighted by molar-refractivity contribution is -0.173. The molecule has 4 aliphatic carbocycles. The molecule has 0 N–H and O–H groups in total. The highest BCUT2D eigenvalue weighted by Crippen LogP contribution is 2.66. The van der Waals surface area contributed by atoms with Crippen molar-refractivity contribution in [3.05, 3.63) is 11.6 Å². The highest BCUT2D eigenvalue weighted by atomic mass is 16.6. The maximum absolute atomic E-state index is 6.15. The summed E-state index contributed by atoms with van der Waals surface area (Å²) in [6.07, 6.45) is 12.8. The Labute approximate surface area is 147 Å². The highest BCUT2D eigenvalue weighted by molar-refractivity contribution is 5.26. The summed E-state index contributed by atoms with van der Waals surface area (Å²) in [7, 11) is 0. The second-order valence-corrected chi connectivity index (χ2v) is 10.0. The van der Waals surface area contributed by atoms with Crippen molar-refractivity contribution in [3.63, 3.8) is 0 Å². The Bertz CT molecular complexity index is 554. The fourth-order valence-electron chi connectivity index (χ4n) is 7.65. The maximum Gasteiger partial charge on any atom is 0.0875 e. The molecule has 24 heavy (non-hydrogen) atoms. The third-order valence-corrected chi connectivity index (χ3v) is 9.31. The molecule has 0 amide bonds. The minimum atomic E-state index is 0.329. The van der Waals surface area contributed by atoms with Gasteiger partial charge >= 0.3 is 0 Å². The minimum Gasteiger partial charge on any atom is -0.373 e. The van der Waals surface area contributed by atoms with Gasteiger partial charge in [-0.15, -0.1) is 0 Å². The van der Waals surface area contributed by atoms with E-state index < -0.39 is 0 Å². The van der Waals surface area contributed by atoms with Crippen molar-refractivity contribution in [2.24, 2.45) is 34.5 Å². The van der Waals surface area contributed by atoms with Crippen molar-refractivity contribution < 1.29 is 9.47 Å². The highest BCUT2D eigenvalue weighted by Gasteiger charge is 2.59. The molecule has 0 spiro atoms. The number of ether oxygens (including phenoxy) is 2. The SMILES string of the molecule is C[C@@H]1CC[C@H]2[C@@H]3CC=C4CC5OCCOC5C[C@]4(C)[C@H]3CC[C@]12C. The lowest BCUT2D eigenvalue weighted by Gasteiger charge is -2.59. The fraction of sp³-hybridized carbons (Fsp3) is 0.909. The predicted octanol–water partition coefficient (Wildman–Crippen LogP) is 4.98. The summed E-state index contributed by atoms with van der Waals surface area (Å²) in [5, 5.41) is 0. The van der Waals surface area contributed by atoms with Crippen LogP contribution in [0.2, 0.25) is 0 Å². The van der Waals surface area contributed by atoms with E-state index in [0.29, 0.717) is 23.0 Å². The van der Waals surface area contributed by atoms with Crippen LogP contribution in [0.25, 0.3) is 0 Å². The summed E-state index contributed by atoms with van der Waals surface area (Å²) in [4.78, 5) is 0. The Hall–Kier alpha value is -0.340. The summed E-state index contributed by atoms with van der Waals surface area (Å²) in [5.41, 5.74) is 2.70. The van der Waals surface area contributed by atoms with Crippen LogP contribution in [0.5, 0.6) is 0 Å². The van der Waals surface area contributed by atoms with E-state index >= 15 is 0 Å². The fourth-order valence-corrected chi connectivity index (χ4v) is 7.65. The summed E-state index contributed by atoms with van der Waals surface area (Å²) in [5.74, 6) is 3.69. The van der Waals surface area contributed by atoms with Crippen LogP contribution in [0.15, 0.2) is 11.6 Å². The van der Waals surface area contributed by atoms with Crippen molar-refractivity contribution in [1.82, 2.24) is 0 Å². The van der Waals surface area contributed by atoms with Gasteiger partial charge in [0.05, 0.1) is 25.4 Å². The predicted molar refractivity (Wildman–Crippen MR) is 95.7 cm³/mol. The molecule has 5 rings (SSSR count). The zero-order valence-electron chi connectivity index (χ0n) is 15.7. The Balaban J connectivity index is 1.47. The summed E-state index contributed by atoms with van der Waals surface area (Å²) in [6, 6.07) is 0. The average molecular weight is 331 g/mol. The van der Waals surface area contributed by atoms with Crippen molar-refractivity contribution in [3.8, 4) is 0 Å². The van der Waals surface area contributed by atoms with Gasteiger partial charge < -0.3 is 9.47 Å². The molecule has 3 saturated carbocycles. The molecule has 0 aromatic heterocycles. The second kappa shape index (κ2) is 5.33. The standard InChI is InChI=1S/C22H34O2/c1-14-4-7-17-16-6-5-15-12-19-20(24-11-10-23-19)13-22(15,3)18(16)8-9-21(14,17)2/h5,14,16-20H,4,6-13H2,1-3H3/t14-,16+,17+,18+,19?,20?,21-,22+/m1/s1. The molecule has 0 aromatic carbocycles. The third-order valence-electron chi connectivity index (χ3n) is 9.31. The molecule has 2 nitrogen and oxygen atoms in total. The van der Waals surface area contributed by atoms with Gasteiger partial charge in [-0.05, 0) is 79.4 Å². The topological polar surface area (TPSA) is 18.5 Å². The Morgan fingerprint density at radius 1 is 1.00 bits per heavy atom. The van der Waals surface area contributed by atoms with E-state index in [9.17, 15) is 0 Å². The number of allylic oxidation sites excluding steroid dienone is 1. The number of hydrogen-bond donors (Lipinski definition) is 0. The zero-order valence-corrected chi connectivity index (χ0v) is 15.7. The Morgan fingerprint density at radius 2 is 1.79 bits per heavy atom. The third kappa shape index (κ3) is 2.02. The van der Waals surface area contributed by atoms with Gasteiger partial charge in [-0.1, -0.05) is 32.4 Å². The van der Waals surface area contributed by atoms with E-state index in [-0.39, 0.29) is 0 Å².